The van der Waals surface area contributed by atoms with Crippen LogP contribution < -0.4 is 0 Å². The van der Waals surface area contributed by atoms with Crippen molar-refractivity contribution in [2.24, 2.45) is 11.8 Å². The van der Waals surface area contributed by atoms with Crippen molar-refractivity contribution in [1.29, 1.82) is 0 Å². The van der Waals surface area contributed by atoms with Gasteiger partial charge in [-0.25, -0.2) is 0 Å². The molecule has 0 aliphatic heterocycles. The molecule has 1 aliphatic rings. The zero-order valence-electron chi connectivity index (χ0n) is 5.97. The molecule has 0 amide bonds. The first kappa shape index (κ1) is 6.79. The molecule has 0 bridgehead atoms. The average Bonchev–Trinajstić information content (AvgIpc) is 2.33. The molecule has 0 unspecified atom stereocenters. The SMILES string of the molecule is CC[C@H]1CCC[C@H]1C=O. The molecule has 52 valence electrons. The Balaban J connectivity index is 2.41. The topological polar surface area (TPSA) is 17.1 Å². The van der Waals surface area contributed by atoms with E-state index in [0.29, 0.717) is 11.8 Å². The third-order valence-electron chi connectivity index (χ3n) is 2.42. The molecule has 0 aromatic heterocycles. The minimum absolute atomic E-state index is 0.398. The van der Waals surface area contributed by atoms with Gasteiger partial charge in [0.15, 0.2) is 0 Å². The van der Waals surface area contributed by atoms with Crippen LogP contribution >= 0.6 is 0 Å². The van der Waals surface area contributed by atoms with Crippen LogP contribution in [0, 0.1) is 11.8 Å². The van der Waals surface area contributed by atoms with Crippen LogP contribution in [0.25, 0.3) is 0 Å². The molecular formula is C8H14O. The summed E-state index contributed by atoms with van der Waals surface area (Å²) in [6, 6.07) is 0. The fourth-order valence-corrected chi connectivity index (χ4v) is 1.75. The zero-order chi connectivity index (χ0) is 6.69. The van der Waals surface area contributed by atoms with Gasteiger partial charge >= 0.3 is 0 Å². The van der Waals surface area contributed by atoms with E-state index in [1.807, 2.05) is 0 Å². The Morgan fingerprint density at radius 2 is 2.33 bits per heavy atom. The van der Waals surface area contributed by atoms with Crippen molar-refractivity contribution in [3.63, 3.8) is 0 Å². The van der Waals surface area contributed by atoms with Gasteiger partial charge in [0, 0.05) is 5.92 Å². The van der Waals surface area contributed by atoms with Gasteiger partial charge in [-0.2, -0.15) is 0 Å². The first-order valence-corrected chi connectivity index (χ1v) is 3.83. The van der Waals surface area contributed by atoms with Gasteiger partial charge < -0.3 is 4.79 Å². The highest BCUT2D eigenvalue weighted by Crippen LogP contribution is 2.31. The van der Waals surface area contributed by atoms with E-state index in [1.165, 1.54) is 19.3 Å². The molecule has 0 spiro atoms. The van der Waals surface area contributed by atoms with Crippen LogP contribution in [0.4, 0.5) is 0 Å². The van der Waals surface area contributed by atoms with Crippen molar-refractivity contribution < 1.29 is 4.79 Å². The molecule has 0 radical (unpaired) electrons. The van der Waals surface area contributed by atoms with Gasteiger partial charge in [0.05, 0.1) is 0 Å². The normalized spacial score (nSPS) is 34.8. The summed E-state index contributed by atoms with van der Waals surface area (Å²) in [5.74, 6) is 1.11. The van der Waals surface area contributed by atoms with Crippen LogP contribution in [-0.4, -0.2) is 6.29 Å². The molecular weight excluding hydrogens is 112 g/mol. The molecule has 2 atom stereocenters. The largest absolute Gasteiger partial charge is 0.303 e. The van der Waals surface area contributed by atoms with E-state index in [-0.39, 0.29) is 0 Å². The Morgan fingerprint density at radius 1 is 1.56 bits per heavy atom. The molecule has 1 saturated carbocycles. The molecule has 1 heteroatoms. The number of hydrogen-bond donors (Lipinski definition) is 0. The van der Waals surface area contributed by atoms with E-state index in [2.05, 4.69) is 6.92 Å². The quantitative estimate of drug-likeness (QED) is 0.517. The Kier molecular flexibility index (Phi) is 2.26. The summed E-state index contributed by atoms with van der Waals surface area (Å²) in [6.07, 6.45) is 6.01. The lowest BCUT2D eigenvalue weighted by atomic mass is 9.95. The van der Waals surface area contributed by atoms with Crippen molar-refractivity contribution in [1.82, 2.24) is 0 Å². The summed E-state index contributed by atoms with van der Waals surface area (Å²) in [4.78, 5) is 10.4. The van der Waals surface area contributed by atoms with Crippen LogP contribution in [0.5, 0.6) is 0 Å². The van der Waals surface area contributed by atoms with Crippen LogP contribution in [0.2, 0.25) is 0 Å². The van der Waals surface area contributed by atoms with Crippen LogP contribution in [0.15, 0.2) is 0 Å². The molecule has 1 fully saturated rings. The van der Waals surface area contributed by atoms with Gasteiger partial charge in [0.25, 0.3) is 0 Å². The van der Waals surface area contributed by atoms with Crippen LogP contribution in [0.3, 0.4) is 0 Å². The van der Waals surface area contributed by atoms with Gasteiger partial charge in [0.2, 0.25) is 0 Å². The molecule has 0 heterocycles. The predicted octanol–water partition coefficient (Wildman–Crippen LogP) is 2.01. The van der Waals surface area contributed by atoms with E-state index in [0.717, 1.165) is 12.7 Å². The van der Waals surface area contributed by atoms with Crippen LogP contribution in [0.1, 0.15) is 32.6 Å². The van der Waals surface area contributed by atoms with Crippen molar-refractivity contribution in [3.8, 4) is 0 Å². The Labute approximate surface area is 56.4 Å². The smallest absolute Gasteiger partial charge is 0.123 e. The Bertz CT molecular complexity index is 98.7. The molecule has 1 nitrogen and oxygen atoms in total. The average molecular weight is 126 g/mol. The van der Waals surface area contributed by atoms with Gasteiger partial charge in [-0.05, 0) is 18.8 Å². The lowest BCUT2D eigenvalue weighted by molar-refractivity contribution is -0.112. The number of carbonyl (C=O) groups is 1. The Morgan fingerprint density at radius 3 is 2.78 bits per heavy atom. The highest BCUT2D eigenvalue weighted by molar-refractivity contribution is 5.54. The molecule has 0 aromatic rings. The molecule has 9 heavy (non-hydrogen) atoms. The Hall–Kier alpha value is -0.330. The standard InChI is InChI=1S/C8H14O/c1-2-7-4-3-5-8(7)6-9/h6-8H,2-5H2,1H3/t7-,8-/m0/s1. The number of carbonyl (C=O) groups excluding carboxylic acids is 1. The predicted molar refractivity (Wildman–Crippen MR) is 37.2 cm³/mol. The van der Waals surface area contributed by atoms with E-state index in [9.17, 15) is 4.79 Å². The van der Waals surface area contributed by atoms with E-state index < -0.39 is 0 Å². The molecule has 1 rings (SSSR count). The molecule has 0 N–H and O–H groups in total. The highest BCUT2D eigenvalue weighted by atomic mass is 16.1. The lowest BCUT2D eigenvalue weighted by Crippen LogP contribution is -2.06. The van der Waals surface area contributed by atoms with Crippen molar-refractivity contribution in [2.75, 3.05) is 0 Å². The summed E-state index contributed by atoms with van der Waals surface area (Å²) >= 11 is 0. The summed E-state index contributed by atoms with van der Waals surface area (Å²) < 4.78 is 0. The van der Waals surface area contributed by atoms with E-state index in [1.54, 1.807) is 0 Å². The molecule has 0 saturated heterocycles. The van der Waals surface area contributed by atoms with E-state index in [4.69, 9.17) is 0 Å². The van der Waals surface area contributed by atoms with Gasteiger partial charge in [-0.1, -0.05) is 19.8 Å². The minimum atomic E-state index is 0.398. The maximum atomic E-state index is 10.4. The maximum Gasteiger partial charge on any atom is 0.123 e. The van der Waals surface area contributed by atoms with Gasteiger partial charge in [-0.15, -0.1) is 0 Å². The zero-order valence-corrected chi connectivity index (χ0v) is 5.97. The third-order valence-corrected chi connectivity index (χ3v) is 2.42. The second-order valence-electron chi connectivity index (χ2n) is 2.90. The highest BCUT2D eigenvalue weighted by Gasteiger charge is 2.24. The first-order chi connectivity index (χ1) is 4.38. The van der Waals surface area contributed by atoms with Crippen LogP contribution in [-0.2, 0) is 4.79 Å². The fourth-order valence-electron chi connectivity index (χ4n) is 1.75. The molecule has 0 aromatic carbocycles. The first-order valence-electron chi connectivity index (χ1n) is 3.83. The molecule has 1 aliphatic carbocycles. The summed E-state index contributed by atoms with van der Waals surface area (Å²) in [5.41, 5.74) is 0. The summed E-state index contributed by atoms with van der Waals surface area (Å²) in [5, 5.41) is 0. The third kappa shape index (κ3) is 1.32. The maximum absolute atomic E-state index is 10.4. The van der Waals surface area contributed by atoms with Crippen molar-refractivity contribution in [3.05, 3.63) is 0 Å². The summed E-state index contributed by atoms with van der Waals surface area (Å²) in [7, 11) is 0. The van der Waals surface area contributed by atoms with E-state index >= 15 is 0 Å². The second-order valence-corrected chi connectivity index (χ2v) is 2.90. The number of aldehydes is 1. The minimum Gasteiger partial charge on any atom is -0.303 e. The second kappa shape index (κ2) is 3.00. The summed E-state index contributed by atoms with van der Waals surface area (Å²) in [6.45, 7) is 2.17. The van der Waals surface area contributed by atoms with Crippen molar-refractivity contribution >= 4 is 6.29 Å². The van der Waals surface area contributed by atoms with Gasteiger partial charge in [0.1, 0.15) is 6.29 Å². The monoisotopic (exact) mass is 126 g/mol. The number of hydrogen-bond acceptors (Lipinski definition) is 1. The fraction of sp³-hybridized carbons (Fsp3) is 0.875. The van der Waals surface area contributed by atoms with Gasteiger partial charge in [-0.3, -0.25) is 0 Å². The lowest BCUT2D eigenvalue weighted by Gasteiger charge is -2.09. The van der Waals surface area contributed by atoms with Crippen molar-refractivity contribution in [2.45, 2.75) is 32.6 Å². The number of rotatable bonds is 2.